The second-order valence-electron chi connectivity index (χ2n) is 4.55. The number of carbonyl (C=O) groups is 1. The zero-order valence-corrected chi connectivity index (χ0v) is 12.0. The number of anilines is 1. The molecule has 0 aliphatic rings. The van der Waals surface area contributed by atoms with E-state index in [2.05, 4.69) is 17.3 Å². The normalized spacial score (nSPS) is 10.3. The van der Waals surface area contributed by atoms with Crippen LogP contribution in [-0.4, -0.2) is 22.8 Å². The number of nitrogens with zero attached hydrogens (tertiary/aromatic N) is 2. The zero-order chi connectivity index (χ0) is 14.5. The number of hydrogen-bond donors (Lipinski definition) is 1. The molecule has 5 nitrogen and oxygen atoms in total. The number of hydrogen-bond acceptors (Lipinski definition) is 3. The first-order valence-electron chi connectivity index (χ1n) is 6.63. The van der Waals surface area contributed by atoms with Crippen LogP contribution in [0.1, 0.15) is 29.5 Å². The molecule has 1 N–H and O–H groups in total. The molecule has 0 saturated carbocycles. The molecule has 1 aromatic heterocycles. The highest BCUT2D eigenvalue weighted by molar-refractivity contribution is 6.03. The van der Waals surface area contributed by atoms with Crippen LogP contribution in [0.2, 0.25) is 0 Å². The first kappa shape index (κ1) is 14.1. The van der Waals surface area contributed by atoms with Crippen LogP contribution in [-0.2, 0) is 13.5 Å². The second kappa shape index (κ2) is 6.23. The van der Waals surface area contributed by atoms with Crippen LogP contribution in [0.15, 0.2) is 30.3 Å². The van der Waals surface area contributed by atoms with Gasteiger partial charge in [0.25, 0.3) is 5.91 Å². The van der Waals surface area contributed by atoms with Gasteiger partial charge < -0.3 is 10.1 Å². The predicted molar refractivity (Wildman–Crippen MR) is 78.2 cm³/mol. The van der Waals surface area contributed by atoms with Gasteiger partial charge in [-0.15, -0.1) is 0 Å². The summed E-state index contributed by atoms with van der Waals surface area (Å²) >= 11 is 0. The van der Waals surface area contributed by atoms with E-state index in [-0.39, 0.29) is 5.91 Å². The van der Waals surface area contributed by atoms with Gasteiger partial charge in [-0.1, -0.05) is 25.5 Å². The van der Waals surface area contributed by atoms with Gasteiger partial charge in [-0.05, 0) is 24.6 Å². The summed E-state index contributed by atoms with van der Waals surface area (Å²) in [5.41, 5.74) is 2.12. The monoisotopic (exact) mass is 273 g/mol. The van der Waals surface area contributed by atoms with E-state index in [1.54, 1.807) is 31.0 Å². The Hall–Kier alpha value is -2.30. The van der Waals surface area contributed by atoms with Gasteiger partial charge in [-0.2, -0.15) is 5.10 Å². The van der Waals surface area contributed by atoms with Crippen LogP contribution >= 0.6 is 0 Å². The largest absolute Gasteiger partial charge is 0.495 e. The van der Waals surface area contributed by atoms with Crippen LogP contribution in [0.3, 0.4) is 0 Å². The van der Waals surface area contributed by atoms with Crippen molar-refractivity contribution in [1.29, 1.82) is 0 Å². The van der Waals surface area contributed by atoms with Gasteiger partial charge in [0.2, 0.25) is 0 Å². The molecule has 2 aromatic rings. The van der Waals surface area contributed by atoms with Gasteiger partial charge >= 0.3 is 0 Å². The Kier molecular flexibility index (Phi) is 4.40. The molecule has 0 saturated heterocycles. The van der Waals surface area contributed by atoms with Gasteiger partial charge in [-0.25, -0.2) is 0 Å². The second-order valence-corrected chi connectivity index (χ2v) is 4.55. The van der Waals surface area contributed by atoms with Crippen molar-refractivity contribution in [2.75, 3.05) is 12.4 Å². The molecule has 0 unspecified atom stereocenters. The highest BCUT2D eigenvalue weighted by Crippen LogP contribution is 2.23. The fraction of sp³-hybridized carbons (Fsp3) is 0.333. The number of amides is 1. The van der Waals surface area contributed by atoms with E-state index >= 15 is 0 Å². The van der Waals surface area contributed by atoms with Crippen molar-refractivity contribution in [2.24, 2.45) is 7.05 Å². The third-order valence-electron chi connectivity index (χ3n) is 3.02. The van der Waals surface area contributed by atoms with Gasteiger partial charge in [0.05, 0.1) is 18.5 Å². The number of aromatic nitrogens is 2. The first-order valence-corrected chi connectivity index (χ1v) is 6.63. The molecular formula is C15H19N3O2. The molecule has 0 fully saturated rings. The van der Waals surface area contributed by atoms with Crippen molar-refractivity contribution in [2.45, 2.75) is 19.8 Å². The Morgan fingerprint density at radius 2 is 2.15 bits per heavy atom. The molecule has 20 heavy (non-hydrogen) atoms. The molecule has 2 rings (SSSR count). The maximum atomic E-state index is 12.3. The Bertz CT molecular complexity index is 605. The van der Waals surface area contributed by atoms with E-state index in [1.807, 2.05) is 18.2 Å². The van der Waals surface area contributed by atoms with Crippen LogP contribution in [0, 0.1) is 0 Å². The summed E-state index contributed by atoms with van der Waals surface area (Å²) in [6.07, 6.45) is 1.88. The van der Waals surface area contributed by atoms with Crippen molar-refractivity contribution in [1.82, 2.24) is 9.78 Å². The maximum Gasteiger partial charge on any atom is 0.274 e. The number of para-hydroxylation sites is 2. The van der Waals surface area contributed by atoms with Gasteiger partial charge in [0.15, 0.2) is 0 Å². The lowest BCUT2D eigenvalue weighted by Gasteiger charge is -2.09. The molecule has 0 spiro atoms. The van der Waals surface area contributed by atoms with E-state index in [0.717, 1.165) is 18.5 Å². The van der Waals surface area contributed by atoms with E-state index in [4.69, 9.17) is 4.74 Å². The molecule has 0 bridgehead atoms. The van der Waals surface area contributed by atoms with E-state index in [9.17, 15) is 4.79 Å². The number of methoxy groups -OCH3 is 1. The van der Waals surface area contributed by atoms with Gasteiger partial charge in [-0.3, -0.25) is 9.48 Å². The minimum absolute atomic E-state index is 0.188. The van der Waals surface area contributed by atoms with Crippen LogP contribution in [0.4, 0.5) is 5.69 Å². The van der Waals surface area contributed by atoms with Crippen molar-refractivity contribution >= 4 is 11.6 Å². The summed E-state index contributed by atoms with van der Waals surface area (Å²) in [7, 11) is 3.35. The lowest BCUT2D eigenvalue weighted by atomic mass is 10.2. The van der Waals surface area contributed by atoms with E-state index in [1.165, 1.54) is 0 Å². The van der Waals surface area contributed by atoms with Crippen molar-refractivity contribution in [3.05, 3.63) is 41.7 Å². The van der Waals surface area contributed by atoms with E-state index in [0.29, 0.717) is 17.1 Å². The van der Waals surface area contributed by atoms with Crippen LogP contribution < -0.4 is 10.1 Å². The lowest BCUT2D eigenvalue weighted by Crippen LogP contribution is -2.16. The molecule has 0 aliphatic heterocycles. The topological polar surface area (TPSA) is 56.1 Å². The summed E-state index contributed by atoms with van der Waals surface area (Å²) in [5.74, 6) is 0.448. The molecule has 1 heterocycles. The molecule has 0 radical (unpaired) electrons. The minimum atomic E-state index is -0.188. The number of nitrogens with one attached hydrogen (secondary N) is 1. The maximum absolute atomic E-state index is 12.3. The van der Waals surface area contributed by atoms with Gasteiger partial charge in [0, 0.05) is 7.05 Å². The quantitative estimate of drug-likeness (QED) is 0.911. The van der Waals surface area contributed by atoms with Crippen molar-refractivity contribution in [3.8, 4) is 5.75 Å². The van der Waals surface area contributed by atoms with Crippen molar-refractivity contribution < 1.29 is 9.53 Å². The standard InChI is InChI=1S/C15H19N3O2/c1-4-7-11-10-13(18(2)17-11)15(19)16-12-8-5-6-9-14(12)20-3/h5-6,8-10H,4,7H2,1-3H3,(H,16,19). The summed E-state index contributed by atoms with van der Waals surface area (Å²) in [4.78, 5) is 12.3. The summed E-state index contributed by atoms with van der Waals surface area (Å²) in [6.45, 7) is 2.09. The Morgan fingerprint density at radius 3 is 2.85 bits per heavy atom. The highest BCUT2D eigenvalue weighted by atomic mass is 16.5. The SMILES string of the molecule is CCCc1cc(C(=O)Nc2ccccc2OC)n(C)n1. The molecule has 1 amide bonds. The van der Waals surface area contributed by atoms with Crippen LogP contribution in [0.5, 0.6) is 5.75 Å². The number of rotatable bonds is 5. The number of ether oxygens (including phenoxy) is 1. The number of benzene rings is 1. The van der Waals surface area contributed by atoms with Crippen LogP contribution in [0.25, 0.3) is 0 Å². The molecule has 0 atom stereocenters. The third kappa shape index (κ3) is 2.99. The molecule has 1 aromatic carbocycles. The number of aryl methyl sites for hydroxylation is 2. The number of carbonyl (C=O) groups excluding carboxylic acids is 1. The van der Waals surface area contributed by atoms with Gasteiger partial charge in [0.1, 0.15) is 11.4 Å². The third-order valence-corrected chi connectivity index (χ3v) is 3.02. The average Bonchev–Trinajstić information content (AvgIpc) is 2.81. The zero-order valence-electron chi connectivity index (χ0n) is 12.0. The summed E-state index contributed by atoms with van der Waals surface area (Å²) < 4.78 is 6.83. The van der Waals surface area contributed by atoms with Crippen molar-refractivity contribution in [3.63, 3.8) is 0 Å². The Morgan fingerprint density at radius 1 is 1.40 bits per heavy atom. The average molecular weight is 273 g/mol. The lowest BCUT2D eigenvalue weighted by molar-refractivity contribution is 0.101. The highest BCUT2D eigenvalue weighted by Gasteiger charge is 2.14. The summed E-state index contributed by atoms with van der Waals surface area (Å²) in [6, 6.07) is 9.15. The minimum Gasteiger partial charge on any atom is -0.495 e. The Labute approximate surface area is 118 Å². The smallest absolute Gasteiger partial charge is 0.274 e. The Balaban J connectivity index is 2.19. The molecule has 0 aliphatic carbocycles. The fourth-order valence-corrected chi connectivity index (χ4v) is 2.05. The molecule has 5 heteroatoms. The molecule has 106 valence electrons. The molecular weight excluding hydrogens is 254 g/mol. The van der Waals surface area contributed by atoms with E-state index < -0.39 is 0 Å². The summed E-state index contributed by atoms with van der Waals surface area (Å²) in [5, 5.41) is 7.18. The predicted octanol–water partition coefficient (Wildman–Crippen LogP) is 2.63. The fourth-order valence-electron chi connectivity index (χ4n) is 2.05. The first-order chi connectivity index (χ1) is 9.65.